The summed E-state index contributed by atoms with van der Waals surface area (Å²) >= 11 is 0. The minimum atomic E-state index is -0.00831. The van der Waals surface area contributed by atoms with Crippen LogP contribution in [0.5, 0.6) is 0 Å². The molecule has 8 rings (SSSR count). The number of nitrogens with one attached hydrogen (secondary N) is 1. The van der Waals surface area contributed by atoms with Gasteiger partial charge in [0, 0.05) is 34.8 Å². The van der Waals surface area contributed by atoms with Crippen molar-refractivity contribution in [2.45, 2.75) is 44.4 Å². The Balaban J connectivity index is 0.00000338. The molecule has 1 aliphatic carbocycles. The second-order valence-corrected chi connectivity index (χ2v) is 12.7. The number of aliphatic hydroxyl groups is 1. The smallest absolute Gasteiger partial charge is 0.262 e. The third-order valence-corrected chi connectivity index (χ3v) is 9.92. The number of aliphatic hydroxyl groups excluding tert-OH is 1. The Bertz CT molecular complexity index is 2090. The quantitative estimate of drug-likeness (QED) is 0.206. The highest BCUT2D eigenvalue weighted by atomic mass is 16.3. The van der Waals surface area contributed by atoms with Crippen molar-refractivity contribution in [3.05, 3.63) is 112 Å². The lowest BCUT2D eigenvalue weighted by atomic mass is 9.89. The molecule has 2 aliphatic rings. The number of nitrogens with zero attached hydrogens (tertiary/aromatic N) is 4. The lowest BCUT2D eigenvalue weighted by molar-refractivity contribution is 0.164. The van der Waals surface area contributed by atoms with Gasteiger partial charge in [0.2, 0.25) is 0 Å². The molecule has 0 bridgehead atoms. The molecular weight excluding hydrogens is 558 g/mol. The van der Waals surface area contributed by atoms with Gasteiger partial charge in [0.15, 0.2) is 0 Å². The molecule has 7 heteroatoms. The average Bonchev–Trinajstić information content (AvgIpc) is 3.84. The van der Waals surface area contributed by atoms with E-state index in [1.165, 1.54) is 24.0 Å². The van der Waals surface area contributed by atoms with Gasteiger partial charge in [-0.2, -0.15) is 0 Å². The molecule has 3 aromatic carbocycles. The molecule has 1 aliphatic heterocycles. The number of aromatic amines is 1. The molecule has 2 fully saturated rings. The van der Waals surface area contributed by atoms with Gasteiger partial charge in [0.25, 0.3) is 5.56 Å². The predicted octanol–water partition coefficient (Wildman–Crippen LogP) is 7.07. The number of hydrogen-bond acceptors (Lipinski definition) is 5. The summed E-state index contributed by atoms with van der Waals surface area (Å²) in [5.74, 6) is 1.21. The molecule has 0 atom stereocenters. The number of hydrogen-bond donors (Lipinski definition) is 2. The zero-order valence-electron chi connectivity index (χ0n) is 26.5. The van der Waals surface area contributed by atoms with E-state index in [1.54, 1.807) is 10.9 Å². The summed E-state index contributed by atoms with van der Waals surface area (Å²) in [6.07, 6.45) is 8.24. The van der Waals surface area contributed by atoms with Crippen LogP contribution < -0.4 is 5.56 Å². The van der Waals surface area contributed by atoms with Crippen LogP contribution in [0, 0.1) is 6.92 Å². The standard InChI is InChI=1S/C38H37N5O2.H/c1-24-31(3-2-4-35(24)43-18-15-30-21-29(26-5-6-26)11-12-32(30)38(43)45)36-33-22-34(41-37(33)40-23-39-36)28-9-7-25(8-10-28)27-13-16-42(17-14-27)19-20-44;/h2-4,7-12,15,18,21-23,26-27,44H,5-6,13-14,16-17,19-20H2,1H3,(H,39,40,41);/q;-1. The lowest BCUT2D eigenvalue weighted by Crippen LogP contribution is -2.34. The Morgan fingerprint density at radius 2 is 1.67 bits per heavy atom. The Labute approximate surface area is 263 Å². The maximum Gasteiger partial charge on any atom is 0.262 e. The van der Waals surface area contributed by atoms with Crippen molar-refractivity contribution in [2.75, 3.05) is 26.2 Å². The minimum absolute atomic E-state index is 0. The van der Waals surface area contributed by atoms with Gasteiger partial charge in [-0.25, -0.2) is 9.97 Å². The molecule has 3 aromatic heterocycles. The van der Waals surface area contributed by atoms with Crippen LogP contribution in [-0.4, -0.2) is 55.8 Å². The Morgan fingerprint density at radius 3 is 2.44 bits per heavy atom. The normalized spacial score (nSPS) is 16.1. The van der Waals surface area contributed by atoms with Gasteiger partial charge in [0.1, 0.15) is 12.0 Å². The van der Waals surface area contributed by atoms with E-state index < -0.39 is 0 Å². The fraction of sp³-hybridized carbons (Fsp3) is 0.289. The number of pyridine rings is 1. The third-order valence-electron chi connectivity index (χ3n) is 9.92. The van der Waals surface area contributed by atoms with Crippen molar-refractivity contribution in [3.8, 4) is 28.2 Å². The number of H-pyrrole nitrogens is 1. The van der Waals surface area contributed by atoms with Crippen LogP contribution in [0.25, 0.3) is 50.0 Å². The maximum atomic E-state index is 13.7. The molecule has 0 unspecified atom stereocenters. The first-order valence-electron chi connectivity index (χ1n) is 16.1. The number of piperidine rings is 1. The summed E-state index contributed by atoms with van der Waals surface area (Å²) in [5, 5.41) is 11.9. The van der Waals surface area contributed by atoms with Gasteiger partial charge in [-0.05, 0) is 109 Å². The van der Waals surface area contributed by atoms with E-state index >= 15 is 0 Å². The predicted molar refractivity (Wildman–Crippen MR) is 181 cm³/mol. The molecule has 0 spiro atoms. The number of benzene rings is 3. The van der Waals surface area contributed by atoms with Crippen molar-refractivity contribution >= 4 is 21.8 Å². The van der Waals surface area contributed by atoms with Gasteiger partial charge >= 0.3 is 0 Å². The van der Waals surface area contributed by atoms with E-state index in [9.17, 15) is 9.90 Å². The topological polar surface area (TPSA) is 87.0 Å². The summed E-state index contributed by atoms with van der Waals surface area (Å²) in [5.41, 5.74) is 9.26. The summed E-state index contributed by atoms with van der Waals surface area (Å²) in [6.45, 7) is 5.13. The van der Waals surface area contributed by atoms with Crippen LogP contribution in [0.4, 0.5) is 0 Å². The molecular formula is C38H38N5O2-. The van der Waals surface area contributed by atoms with Crippen LogP contribution in [0.15, 0.2) is 90.1 Å². The fourth-order valence-corrected chi connectivity index (χ4v) is 7.14. The van der Waals surface area contributed by atoms with Crippen molar-refractivity contribution in [3.63, 3.8) is 0 Å². The SMILES string of the molecule is Cc1c(-c2ncnc3[nH]c(-c4ccc(C5CCN(CCO)CC5)cc4)cc23)cccc1-n1ccc2cc(C3CC3)ccc2c1=O.[H-]. The van der Waals surface area contributed by atoms with Crippen LogP contribution in [0.2, 0.25) is 0 Å². The summed E-state index contributed by atoms with van der Waals surface area (Å²) in [7, 11) is 0. The van der Waals surface area contributed by atoms with Gasteiger partial charge in [-0.15, -0.1) is 0 Å². The zero-order chi connectivity index (χ0) is 30.5. The molecule has 1 saturated heterocycles. The molecule has 1 saturated carbocycles. The molecule has 0 radical (unpaired) electrons. The Kier molecular flexibility index (Phi) is 7.07. The zero-order valence-corrected chi connectivity index (χ0v) is 25.5. The first kappa shape index (κ1) is 27.9. The van der Waals surface area contributed by atoms with E-state index in [0.29, 0.717) is 11.8 Å². The first-order chi connectivity index (χ1) is 22.1. The largest absolute Gasteiger partial charge is 1.00 e. The van der Waals surface area contributed by atoms with Crippen LogP contribution in [0.3, 0.4) is 0 Å². The lowest BCUT2D eigenvalue weighted by Gasteiger charge is -2.31. The van der Waals surface area contributed by atoms with E-state index in [2.05, 4.69) is 76.4 Å². The van der Waals surface area contributed by atoms with Crippen molar-refractivity contribution in [1.82, 2.24) is 24.4 Å². The van der Waals surface area contributed by atoms with Crippen LogP contribution in [0.1, 0.15) is 55.6 Å². The van der Waals surface area contributed by atoms with Gasteiger partial charge < -0.3 is 16.4 Å². The maximum absolute atomic E-state index is 13.7. The highest BCUT2D eigenvalue weighted by Crippen LogP contribution is 2.41. The Morgan fingerprint density at radius 1 is 0.889 bits per heavy atom. The second-order valence-electron chi connectivity index (χ2n) is 12.7. The highest BCUT2D eigenvalue weighted by molar-refractivity contribution is 5.95. The van der Waals surface area contributed by atoms with Crippen molar-refractivity contribution < 1.29 is 6.53 Å². The minimum Gasteiger partial charge on any atom is -1.00 e. The molecule has 45 heavy (non-hydrogen) atoms. The Hall–Kier alpha value is -4.59. The van der Waals surface area contributed by atoms with E-state index in [0.717, 1.165) is 88.0 Å². The van der Waals surface area contributed by atoms with Crippen molar-refractivity contribution in [2.24, 2.45) is 0 Å². The molecule has 4 heterocycles. The fourth-order valence-electron chi connectivity index (χ4n) is 7.14. The first-order valence-corrected chi connectivity index (χ1v) is 16.1. The van der Waals surface area contributed by atoms with E-state index in [4.69, 9.17) is 4.98 Å². The molecule has 2 N–H and O–H groups in total. The van der Waals surface area contributed by atoms with Gasteiger partial charge in [0.05, 0.1) is 18.0 Å². The molecule has 6 aromatic rings. The number of likely N-dealkylation sites (tertiary alicyclic amines) is 1. The van der Waals surface area contributed by atoms with Gasteiger partial charge in [-0.1, -0.05) is 48.5 Å². The third kappa shape index (κ3) is 5.16. The second kappa shape index (κ2) is 11.4. The number of aromatic nitrogens is 4. The molecule has 228 valence electrons. The monoisotopic (exact) mass is 596 g/mol. The molecule has 7 nitrogen and oxygen atoms in total. The number of fused-ring (bicyclic) bond motifs is 2. The summed E-state index contributed by atoms with van der Waals surface area (Å²) in [6, 6.07) is 25.4. The summed E-state index contributed by atoms with van der Waals surface area (Å²) < 4.78 is 1.76. The number of rotatable bonds is 7. The molecule has 0 amide bonds. The number of β-amino-alcohol motifs (C(OH)–C–C–N with tert-alkyl or cyclic N) is 1. The van der Waals surface area contributed by atoms with Crippen molar-refractivity contribution in [1.29, 1.82) is 0 Å². The van der Waals surface area contributed by atoms with Crippen LogP contribution >= 0.6 is 0 Å². The van der Waals surface area contributed by atoms with E-state index in [-0.39, 0.29) is 13.6 Å². The van der Waals surface area contributed by atoms with Crippen LogP contribution in [-0.2, 0) is 0 Å². The average molecular weight is 597 g/mol. The highest BCUT2D eigenvalue weighted by Gasteiger charge is 2.24. The summed E-state index contributed by atoms with van der Waals surface area (Å²) in [4.78, 5) is 28.8. The van der Waals surface area contributed by atoms with E-state index in [1.807, 2.05) is 24.4 Å². The van der Waals surface area contributed by atoms with Gasteiger partial charge in [-0.3, -0.25) is 9.36 Å².